The van der Waals surface area contributed by atoms with Gasteiger partial charge in [-0.1, -0.05) is 26.8 Å². The van der Waals surface area contributed by atoms with Crippen LogP contribution in [0.5, 0.6) is 5.75 Å². The van der Waals surface area contributed by atoms with Crippen LogP contribution in [0.15, 0.2) is 18.2 Å². The fraction of sp³-hybridized carbons (Fsp3) is 0.700. The van der Waals surface area contributed by atoms with Crippen LogP contribution in [0.1, 0.15) is 57.1 Å². The van der Waals surface area contributed by atoms with Crippen molar-refractivity contribution in [1.29, 1.82) is 0 Å². The number of aryl methyl sites for hydroxylation is 1. The quantitative estimate of drug-likeness (QED) is 0.675. The number of hydrogen-bond donors (Lipinski definition) is 0. The largest absolute Gasteiger partial charge is 0.497 e. The molecule has 128 valence electrons. The average Bonchev–Trinajstić information content (AvgIpc) is 2.83. The molecule has 1 aromatic rings. The van der Waals surface area contributed by atoms with E-state index in [2.05, 4.69) is 52.1 Å². The Labute approximate surface area is 142 Å². The molecule has 1 saturated carbocycles. The van der Waals surface area contributed by atoms with Gasteiger partial charge >= 0.3 is 0 Å². The lowest BCUT2D eigenvalue weighted by molar-refractivity contribution is 0.0574. The number of methoxy groups -OCH3 is 1. The Hall–Kier alpha value is -0.803. The van der Waals surface area contributed by atoms with Crippen molar-refractivity contribution in [3.63, 3.8) is 0 Å². The topological polar surface area (TPSA) is 18.5 Å². The van der Waals surface area contributed by atoms with Gasteiger partial charge in [-0.3, -0.25) is 0 Å². The fourth-order valence-corrected chi connectivity index (χ4v) is 5.81. The van der Waals surface area contributed by atoms with Crippen LogP contribution in [0, 0.1) is 5.41 Å². The van der Waals surface area contributed by atoms with Crippen LogP contribution in [0.3, 0.4) is 0 Å². The van der Waals surface area contributed by atoms with Crippen molar-refractivity contribution in [3.05, 3.63) is 29.3 Å². The predicted molar refractivity (Wildman–Crippen MR) is 98.9 cm³/mol. The van der Waals surface area contributed by atoms with Gasteiger partial charge in [-0.15, -0.1) is 0 Å². The van der Waals surface area contributed by atoms with Crippen LogP contribution in [0.4, 0.5) is 0 Å². The van der Waals surface area contributed by atoms with E-state index in [9.17, 15) is 0 Å². The molecule has 0 heterocycles. The van der Waals surface area contributed by atoms with E-state index < -0.39 is 8.32 Å². The summed E-state index contributed by atoms with van der Waals surface area (Å²) in [5, 5.41) is 0. The van der Waals surface area contributed by atoms with Gasteiger partial charge in [0.1, 0.15) is 5.75 Å². The average molecular weight is 333 g/mol. The minimum Gasteiger partial charge on any atom is -0.497 e. The third-order valence-electron chi connectivity index (χ3n) is 6.74. The Kier molecular flexibility index (Phi) is 4.39. The van der Waals surface area contributed by atoms with Crippen molar-refractivity contribution >= 4 is 8.32 Å². The summed E-state index contributed by atoms with van der Waals surface area (Å²) in [6.45, 7) is 11.9. The Bertz CT molecular complexity index is 581. The van der Waals surface area contributed by atoms with E-state index in [4.69, 9.17) is 9.16 Å². The zero-order valence-corrected chi connectivity index (χ0v) is 16.6. The molecule has 0 aromatic heterocycles. The summed E-state index contributed by atoms with van der Waals surface area (Å²) in [6.07, 6.45) is 5.32. The highest BCUT2D eigenvalue weighted by atomic mass is 28.4. The molecule has 0 saturated heterocycles. The van der Waals surface area contributed by atoms with Crippen molar-refractivity contribution in [2.75, 3.05) is 7.11 Å². The van der Waals surface area contributed by atoms with Gasteiger partial charge in [0, 0.05) is 0 Å². The van der Waals surface area contributed by atoms with Crippen LogP contribution in [0.2, 0.25) is 18.6 Å². The van der Waals surface area contributed by atoms with E-state index in [1.807, 2.05) is 0 Å². The summed E-state index contributed by atoms with van der Waals surface area (Å²) < 4.78 is 12.2. The molecule has 23 heavy (non-hydrogen) atoms. The monoisotopic (exact) mass is 332 g/mol. The zero-order chi connectivity index (χ0) is 16.8. The number of benzene rings is 1. The molecule has 0 aliphatic heterocycles. The predicted octanol–water partition coefficient (Wildman–Crippen LogP) is 5.53. The highest BCUT2D eigenvalue weighted by Crippen LogP contribution is 2.57. The van der Waals surface area contributed by atoms with Crippen LogP contribution in [-0.4, -0.2) is 21.5 Å². The first-order valence-corrected chi connectivity index (χ1v) is 12.1. The molecular weight excluding hydrogens is 300 g/mol. The van der Waals surface area contributed by atoms with Gasteiger partial charge in [-0.05, 0) is 78.9 Å². The van der Waals surface area contributed by atoms with E-state index in [1.165, 1.54) is 24.8 Å². The van der Waals surface area contributed by atoms with Crippen molar-refractivity contribution < 1.29 is 9.16 Å². The lowest BCUT2D eigenvalue weighted by Crippen LogP contribution is -2.45. The molecule has 0 amide bonds. The van der Waals surface area contributed by atoms with Gasteiger partial charge in [0.15, 0.2) is 8.32 Å². The molecular formula is C20H32O2Si. The zero-order valence-electron chi connectivity index (χ0n) is 15.6. The SMILES string of the molecule is COc1ccc2c(c1)CC[C@]1(C)[C@H](O[Si](C)(C)C(C)C)CC[C@@H]21. The van der Waals surface area contributed by atoms with Crippen LogP contribution >= 0.6 is 0 Å². The Balaban J connectivity index is 1.87. The minimum atomic E-state index is -1.60. The third-order valence-corrected chi connectivity index (χ3v) is 10.4. The van der Waals surface area contributed by atoms with Crippen molar-refractivity contribution in [2.24, 2.45) is 5.41 Å². The number of ether oxygens (including phenoxy) is 1. The minimum absolute atomic E-state index is 0.306. The second-order valence-electron chi connectivity index (χ2n) is 8.57. The first-order valence-electron chi connectivity index (χ1n) is 9.12. The van der Waals surface area contributed by atoms with E-state index in [0.29, 0.717) is 23.0 Å². The molecule has 1 aromatic carbocycles. The first kappa shape index (κ1) is 17.0. The van der Waals surface area contributed by atoms with Crippen LogP contribution in [-0.2, 0) is 10.8 Å². The fourth-order valence-electron chi connectivity index (χ4n) is 4.41. The van der Waals surface area contributed by atoms with Gasteiger partial charge in [-0.25, -0.2) is 0 Å². The smallest absolute Gasteiger partial charge is 0.189 e. The van der Waals surface area contributed by atoms with Gasteiger partial charge < -0.3 is 9.16 Å². The van der Waals surface area contributed by atoms with E-state index >= 15 is 0 Å². The molecule has 3 atom stereocenters. The molecule has 2 aliphatic rings. The van der Waals surface area contributed by atoms with Gasteiger partial charge in [0.2, 0.25) is 0 Å². The molecule has 3 heteroatoms. The van der Waals surface area contributed by atoms with Crippen LogP contribution in [0.25, 0.3) is 0 Å². The second-order valence-corrected chi connectivity index (χ2v) is 13.2. The normalized spacial score (nSPS) is 30.2. The van der Waals surface area contributed by atoms with Crippen molar-refractivity contribution in [2.45, 2.75) is 77.1 Å². The van der Waals surface area contributed by atoms with E-state index in [0.717, 1.165) is 12.2 Å². The number of fused-ring (bicyclic) bond motifs is 3. The Morgan fingerprint density at radius 3 is 2.61 bits per heavy atom. The van der Waals surface area contributed by atoms with Crippen molar-refractivity contribution in [1.82, 2.24) is 0 Å². The summed E-state index contributed by atoms with van der Waals surface area (Å²) in [5.74, 6) is 1.64. The molecule has 0 unspecified atom stereocenters. The molecule has 0 bridgehead atoms. The summed E-state index contributed by atoms with van der Waals surface area (Å²) in [7, 11) is 0.161. The maximum atomic E-state index is 6.81. The highest BCUT2D eigenvalue weighted by molar-refractivity contribution is 6.72. The number of rotatable bonds is 4. The highest BCUT2D eigenvalue weighted by Gasteiger charge is 2.51. The molecule has 1 fully saturated rings. The van der Waals surface area contributed by atoms with Crippen LogP contribution < -0.4 is 4.74 Å². The molecule has 0 N–H and O–H groups in total. The summed E-state index contributed by atoms with van der Waals surface area (Å²) in [4.78, 5) is 0. The molecule has 2 nitrogen and oxygen atoms in total. The summed E-state index contributed by atoms with van der Waals surface area (Å²) >= 11 is 0. The standard InChI is InChI=1S/C20H32O2Si/c1-14(2)23(5,6)22-19-10-9-18-17-8-7-16(21-4)13-15(17)11-12-20(18,19)3/h7-8,13-14,18-19H,9-12H2,1-6H3/t18-,19+,20-/m0/s1. The maximum Gasteiger partial charge on any atom is 0.189 e. The first-order chi connectivity index (χ1) is 10.8. The van der Waals surface area contributed by atoms with E-state index in [-0.39, 0.29) is 0 Å². The van der Waals surface area contributed by atoms with Crippen molar-refractivity contribution in [3.8, 4) is 5.75 Å². The molecule has 3 rings (SSSR count). The number of hydrogen-bond acceptors (Lipinski definition) is 2. The third kappa shape index (κ3) is 2.87. The lowest BCUT2D eigenvalue weighted by atomic mass is 9.66. The Morgan fingerprint density at radius 2 is 1.96 bits per heavy atom. The summed E-state index contributed by atoms with van der Waals surface area (Å²) in [5.41, 5.74) is 4.02. The van der Waals surface area contributed by atoms with Gasteiger partial charge in [0.05, 0.1) is 13.2 Å². The maximum absolute atomic E-state index is 6.81. The Morgan fingerprint density at radius 1 is 1.22 bits per heavy atom. The summed E-state index contributed by atoms with van der Waals surface area (Å²) in [6, 6.07) is 6.69. The van der Waals surface area contributed by atoms with Gasteiger partial charge in [0.25, 0.3) is 0 Å². The second kappa shape index (κ2) is 5.93. The van der Waals surface area contributed by atoms with E-state index in [1.54, 1.807) is 12.7 Å². The molecule has 0 radical (unpaired) electrons. The lowest BCUT2D eigenvalue weighted by Gasteiger charge is -2.44. The molecule has 0 spiro atoms. The van der Waals surface area contributed by atoms with Gasteiger partial charge in [-0.2, -0.15) is 0 Å². The molecule has 2 aliphatic carbocycles.